The van der Waals surface area contributed by atoms with E-state index in [2.05, 4.69) is 14.9 Å². The molecule has 2 N–H and O–H groups in total. The quantitative estimate of drug-likeness (QED) is 0.838. The summed E-state index contributed by atoms with van der Waals surface area (Å²) in [5, 5.41) is 8.63. The zero-order valence-corrected chi connectivity index (χ0v) is 13.6. The average Bonchev–Trinajstić information content (AvgIpc) is 3.01. The molecule has 0 bridgehead atoms. The SMILES string of the molecule is Cc1cnc(C2COCCN2Cc2ccc(OCC(=O)O)cc2)[nH]1. The van der Waals surface area contributed by atoms with E-state index in [1.54, 1.807) is 12.1 Å². The summed E-state index contributed by atoms with van der Waals surface area (Å²) in [7, 11) is 0. The number of hydrogen-bond donors (Lipinski definition) is 2. The fourth-order valence-electron chi connectivity index (χ4n) is 2.75. The highest BCUT2D eigenvalue weighted by atomic mass is 16.5. The highest BCUT2D eigenvalue weighted by Gasteiger charge is 2.26. The van der Waals surface area contributed by atoms with Gasteiger partial charge in [0.1, 0.15) is 11.6 Å². The van der Waals surface area contributed by atoms with Crippen molar-refractivity contribution in [2.24, 2.45) is 0 Å². The van der Waals surface area contributed by atoms with Crippen molar-refractivity contribution in [3.63, 3.8) is 0 Å². The van der Waals surface area contributed by atoms with Crippen molar-refractivity contribution in [2.75, 3.05) is 26.4 Å². The molecule has 1 atom stereocenters. The van der Waals surface area contributed by atoms with Crippen molar-refractivity contribution in [3.8, 4) is 5.75 Å². The summed E-state index contributed by atoms with van der Waals surface area (Å²) >= 11 is 0. The second-order valence-electron chi connectivity index (χ2n) is 5.84. The Morgan fingerprint density at radius 1 is 1.46 bits per heavy atom. The number of aromatic amines is 1. The number of morpholine rings is 1. The number of carboxylic acid groups (broad SMARTS) is 1. The van der Waals surface area contributed by atoms with Gasteiger partial charge in [-0.25, -0.2) is 9.78 Å². The predicted octanol–water partition coefficient (Wildman–Crippen LogP) is 1.76. The standard InChI is InChI=1S/C17H21N3O4/c1-12-8-18-17(19-12)15-10-23-7-6-20(15)9-13-2-4-14(5-3-13)24-11-16(21)22/h2-5,8,15H,6-7,9-11H2,1H3,(H,18,19)(H,21,22). The van der Waals surface area contributed by atoms with E-state index in [1.807, 2.05) is 25.3 Å². The smallest absolute Gasteiger partial charge is 0.341 e. The Kier molecular flexibility index (Phi) is 5.12. The van der Waals surface area contributed by atoms with Gasteiger partial charge in [-0.3, -0.25) is 4.90 Å². The number of nitrogens with zero attached hydrogens (tertiary/aromatic N) is 2. The van der Waals surface area contributed by atoms with E-state index in [0.717, 1.165) is 30.2 Å². The van der Waals surface area contributed by atoms with E-state index >= 15 is 0 Å². The molecule has 0 saturated carbocycles. The van der Waals surface area contributed by atoms with Crippen LogP contribution in [0.3, 0.4) is 0 Å². The van der Waals surface area contributed by atoms with Crippen LogP contribution in [0.15, 0.2) is 30.5 Å². The van der Waals surface area contributed by atoms with E-state index < -0.39 is 5.97 Å². The number of H-pyrrole nitrogens is 1. The van der Waals surface area contributed by atoms with Gasteiger partial charge in [0, 0.05) is 25.0 Å². The fraction of sp³-hybridized carbons (Fsp3) is 0.412. The molecule has 128 valence electrons. The van der Waals surface area contributed by atoms with Gasteiger partial charge in [0.25, 0.3) is 0 Å². The van der Waals surface area contributed by atoms with Gasteiger partial charge in [-0.05, 0) is 24.6 Å². The van der Waals surface area contributed by atoms with Crippen molar-refractivity contribution in [1.29, 1.82) is 0 Å². The number of aromatic nitrogens is 2. The Labute approximate surface area is 140 Å². The zero-order valence-electron chi connectivity index (χ0n) is 13.6. The largest absolute Gasteiger partial charge is 0.482 e. The highest BCUT2D eigenvalue weighted by molar-refractivity contribution is 5.68. The number of nitrogens with one attached hydrogen (secondary N) is 1. The summed E-state index contributed by atoms with van der Waals surface area (Å²) in [6, 6.07) is 7.61. The second-order valence-corrected chi connectivity index (χ2v) is 5.84. The predicted molar refractivity (Wildman–Crippen MR) is 86.9 cm³/mol. The van der Waals surface area contributed by atoms with Crippen molar-refractivity contribution in [1.82, 2.24) is 14.9 Å². The average molecular weight is 331 g/mol. The molecule has 7 heteroatoms. The first kappa shape index (κ1) is 16.5. The van der Waals surface area contributed by atoms with Gasteiger partial charge >= 0.3 is 5.97 Å². The van der Waals surface area contributed by atoms with E-state index in [0.29, 0.717) is 19.0 Å². The highest BCUT2D eigenvalue weighted by Crippen LogP contribution is 2.24. The van der Waals surface area contributed by atoms with Gasteiger partial charge in [0.05, 0.1) is 19.3 Å². The van der Waals surface area contributed by atoms with E-state index in [1.165, 1.54) is 0 Å². The van der Waals surface area contributed by atoms with Crippen LogP contribution in [0, 0.1) is 6.92 Å². The number of benzene rings is 1. The van der Waals surface area contributed by atoms with Crippen LogP contribution in [0.1, 0.15) is 23.1 Å². The molecule has 2 aromatic rings. The second kappa shape index (κ2) is 7.46. The van der Waals surface area contributed by atoms with Crippen molar-refractivity contribution >= 4 is 5.97 Å². The molecule has 0 radical (unpaired) electrons. The van der Waals surface area contributed by atoms with Crippen LogP contribution in [-0.2, 0) is 16.1 Å². The zero-order chi connectivity index (χ0) is 16.9. The molecule has 2 heterocycles. The fourth-order valence-corrected chi connectivity index (χ4v) is 2.75. The number of ether oxygens (including phenoxy) is 2. The summed E-state index contributed by atoms with van der Waals surface area (Å²) in [6.07, 6.45) is 1.83. The minimum Gasteiger partial charge on any atom is -0.482 e. The molecule has 7 nitrogen and oxygen atoms in total. The minimum atomic E-state index is -0.982. The lowest BCUT2D eigenvalue weighted by atomic mass is 10.1. The molecule has 1 fully saturated rings. The molecular formula is C17H21N3O4. The van der Waals surface area contributed by atoms with Crippen molar-refractivity contribution in [3.05, 3.63) is 47.5 Å². The normalized spacial score (nSPS) is 18.5. The van der Waals surface area contributed by atoms with Gasteiger partial charge in [-0.1, -0.05) is 12.1 Å². The van der Waals surface area contributed by atoms with Crippen LogP contribution in [0.25, 0.3) is 0 Å². The number of carbonyl (C=O) groups is 1. The summed E-state index contributed by atoms with van der Waals surface area (Å²) in [4.78, 5) is 20.6. The van der Waals surface area contributed by atoms with Gasteiger partial charge in [0.2, 0.25) is 0 Å². The lowest BCUT2D eigenvalue weighted by Gasteiger charge is -2.34. The van der Waals surface area contributed by atoms with Crippen LogP contribution in [-0.4, -0.2) is 52.3 Å². The number of carboxylic acids is 1. The summed E-state index contributed by atoms with van der Waals surface area (Å²) < 4.78 is 10.8. The van der Waals surface area contributed by atoms with Gasteiger partial charge in [-0.15, -0.1) is 0 Å². The molecule has 0 amide bonds. The molecule has 1 saturated heterocycles. The van der Waals surface area contributed by atoms with Crippen LogP contribution < -0.4 is 4.74 Å². The first-order valence-corrected chi connectivity index (χ1v) is 7.88. The molecular weight excluding hydrogens is 310 g/mol. The number of aliphatic carboxylic acids is 1. The Bertz CT molecular complexity index is 683. The molecule has 1 unspecified atom stereocenters. The lowest BCUT2D eigenvalue weighted by molar-refractivity contribution is -0.139. The third-order valence-electron chi connectivity index (χ3n) is 3.95. The Balaban J connectivity index is 1.65. The molecule has 0 spiro atoms. The Morgan fingerprint density at radius 2 is 2.25 bits per heavy atom. The topological polar surface area (TPSA) is 87.7 Å². The summed E-state index contributed by atoms with van der Waals surface area (Å²) in [6.45, 7) is 4.58. The van der Waals surface area contributed by atoms with Crippen molar-refractivity contribution < 1.29 is 19.4 Å². The molecule has 24 heavy (non-hydrogen) atoms. The monoisotopic (exact) mass is 331 g/mol. The molecule has 3 rings (SSSR count). The van der Waals surface area contributed by atoms with Crippen LogP contribution in [0.5, 0.6) is 5.75 Å². The van der Waals surface area contributed by atoms with Gasteiger partial charge in [0.15, 0.2) is 6.61 Å². The summed E-state index contributed by atoms with van der Waals surface area (Å²) in [5.74, 6) is 0.499. The molecule has 1 aliphatic rings. The maximum Gasteiger partial charge on any atom is 0.341 e. The van der Waals surface area contributed by atoms with E-state index in [-0.39, 0.29) is 12.6 Å². The first-order chi connectivity index (χ1) is 11.6. The molecule has 1 aromatic heterocycles. The van der Waals surface area contributed by atoms with Crippen LogP contribution in [0.4, 0.5) is 0 Å². The van der Waals surface area contributed by atoms with E-state index in [4.69, 9.17) is 14.6 Å². The number of rotatable bonds is 6. The number of hydrogen-bond acceptors (Lipinski definition) is 5. The van der Waals surface area contributed by atoms with Crippen LogP contribution >= 0.6 is 0 Å². The van der Waals surface area contributed by atoms with Gasteiger partial charge < -0.3 is 19.6 Å². The molecule has 1 aliphatic heterocycles. The Hall–Kier alpha value is -2.38. The van der Waals surface area contributed by atoms with Gasteiger partial charge in [-0.2, -0.15) is 0 Å². The Morgan fingerprint density at radius 3 is 2.92 bits per heavy atom. The van der Waals surface area contributed by atoms with Crippen molar-refractivity contribution in [2.45, 2.75) is 19.5 Å². The molecule has 1 aromatic carbocycles. The minimum absolute atomic E-state index is 0.107. The lowest BCUT2D eigenvalue weighted by Crippen LogP contribution is -2.39. The van der Waals surface area contributed by atoms with Crippen LogP contribution in [0.2, 0.25) is 0 Å². The maximum atomic E-state index is 10.5. The molecule has 0 aliphatic carbocycles. The number of aryl methyl sites for hydroxylation is 1. The maximum absolute atomic E-state index is 10.5. The number of imidazole rings is 1. The first-order valence-electron chi connectivity index (χ1n) is 7.88. The summed E-state index contributed by atoms with van der Waals surface area (Å²) in [5.41, 5.74) is 2.17. The van der Waals surface area contributed by atoms with E-state index in [9.17, 15) is 4.79 Å². The third kappa shape index (κ3) is 4.12. The third-order valence-corrected chi connectivity index (χ3v) is 3.95.